The van der Waals surface area contributed by atoms with Gasteiger partial charge in [-0.05, 0) is 26.2 Å². The molecule has 0 saturated carbocycles. The summed E-state index contributed by atoms with van der Waals surface area (Å²) in [5.41, 5.74) is 4.95. The van der Waals surface area contributed by atoms with Crippen LogP contribution in [0.2, 0.25) is 0 Å². The standard InChI is InChI=1S/C11H18N4O/c1-11(16)3-2-5-15(6-4-11)10-8-13-9(12)7-14-10/h7-8,16H,2-6H2,1H3,(H2,12,13). The van der Waals surface area contributed by atoms with Gasteiger partial charge in [0, 0.05) is 13.1 Å². The van der Waals surface area contributed by atoms with Crippen molar-refractivity contribution in [1.29, 1.82) is 0 Å². The fraction of sp³-hybridized carbons (Fsp3) is 0.636. The van der Waals surface area contributed by atoms with Crippen molar-refractivity contribution >= 4 is 11.6 Å². The van der Waals surface area contributed by atoms with Crippen LogP contribution in [0.3, 0.4) is 0 Å². The van der Waals surface area contributed by atoms with E-state index in [0.717, 1.165) is 38.2 Å². The molecule has 1 unspecified atom stereocenters. The molecule has 1 atom stereocenters. The Hall–Kier alpha value is -1.36. The zero-order valence-electron chi connectivity index (χ0n) is 9.56. The van der Waals surface area contributed by atoms with E-state index >= 15 is 0 Å². The maximum Gasteiger partial charge on any atom is 0.147 e. The monoisotopic (exact) mass is 222 g/mol. The first-order valence-electron chi connectivity index (χ1n) is 5.62. The lowest BCUT2D eigenvalue weighted by molar-refractivity contribution is 0.0481. The number of rotatable bonds is 1. The van der Waals surface area contributed by atoms with Crippen LogP contribution in [0, 0.1) is 0 Å². The highest BCUT2D eigenvalue weighted by Crippen LogP contribution is 2.23. The maximum atomic E-state index is 9.98. The van der Waals surface area contributed by atoms with Gasteiger partial charge in [0.2, 0.25) is 0 Å². The summed E-state index contributed by atoms with van der Waals surface area (Å²) in [5, 5.41) is 9.98. The van der Waals surface area contributed by atoms with E-state index in [1.54, 1.807) is 12.4 Å². The summed E-state index contributed by atoms with van der Waals surface area (Å²) in [7, 11) is 0. The summed E-state index contributed by atoms with van der Waals surface area (Å²) in [6, 6.07) is 0. The molecule has 0 amide bonds. The third-order valence-electron chi connectivity index (χ3n) is 3.05. The van der Waals surface area contributed by atoms with E-state index in [9.17, 15) is 5.11 Å². The van der Waals surface area contributed by atoms with Crippen LogP contribution >= 0.6 is 0 Å². The Balaban J connectivity index is 2.08. The van der Waals surface area contributed by atoms with Crippen molar-refractivity contribution in [2.75, 3.05) is 23.7 Å². The molecule has 2 rings (SSSR count). The van der Waals surface area contributed by atoms with Crippen LogP contribution in [0.1, 0.15) is 26.2 Å². The fourth-order valence-electron chi connectivity index (χ4n) is 1.99. The van der Waals surface area contributed by atoms with Crippen molar-refractivity contribution in [3.8, 4) is 0 Å². The molecule has 1 aliphatic rings. The topological polar surface area (TPSA) is 75.3 Å². The van der Waals surface area contributed by atoms with E-state index in [-0.39, 0.29) is 0 Å². The zero-order valence-corrected chi connectivity index (χ0v) is 9.56. The number of nitrogen functional groups attached to an aromatic ring is 1. The second-order valence-electron chi connectivity index (χ2n) is 4.64. The molecule has 1 aromatic rings. The molecule has 1 fully saturated rings. The van der Waals surface area contributed by atoms with E-state index in [4.69, 9.17) is 5.73 Å². The maximum absolute atomic E-state index is 9.98. The zero-order chi connectivity index (χ0) is 11.6. The summed E-state index contributed by atoms with van der Waals surface area (Å²) in [5.74, 6) is 1.28. The fourth-order valence-corrected chi connectivity index (χ4v) is 1.99. The van der Waals surface area contributed by atoms with Gasteiger partial charge in [-0.2, -0.15) is 0 Å². The van der Waals surface area contributed by atoms with Gasteiger partial charge in [-0.3, -0.25) is 0 Å². The molecule has 88 valence electrons. The van der Waals surface area contributed by atoms with Crippen LogP contribution in [-0.2, 0) is 0 Å². The molecule has 5 nitrogen and oxygen atoms in total. The number of aromatic nitrogens is 2. The third kappa shape index (κ3) is 2.61. The molecule has 0 aliphatic carbocycles. The van der Waals surface area contributed by atoms with Gasteiger partial charge in [-0.15, -0.1) is 0 Å². The van der Waals surface area contributed by atoms with Gasteiger partial charge in [0.1, 0.15) is 11.6 Å². The Morgan fingerprint density at radius 2 is 2.12 bits per heavy atom. The van der Waals surface area contributed by atoms with Gasteiger partial charge in [0.25, 0.3) is 0 Å². The average molecular weight is 222 g/mol. The van der Waals surface area contributed by atoms with Crippen molar-refractivity contribution in [1.82, 2.24) is 9.97 Å². The molecule has 5 heteroatoms. The number of aliphatic hydroxyl groups is 1. The first-order chi connectivity index (χ1) is 7.57. The quantitative estimate of drug-likeness (QED) is 0.735. The molecular formula is C11H18N4O. The molecule has 16 heavy (non-hydrogen) atoms. The van der Waals surface area contributed by atoms with Crippen LogP contribution in [0.25, 0.3) is 0 Å². The first kappa shape index (κ1) is 11.1. The van der Waals surface area contributed by atoms with Gasteiger partial charge in [0.15, 0.2) is 0 Å². The smallest absolute Gasteiger partial charge is 0.147 e. The molecule has 0 aromatic carbocycles. The predicted molar refractivity (Wildman–Crippen MR) is 63.1 cm³/mol. The Morgan fingerprint density at radius 1 is 1.31 bits per heavy atom. The lowest BCUT2D eigenvalue weighted by atomic mass is 9.98. The lowest BCUT2D eigenvalue weighted by Crippen LogP contribution is -2.28. The first-order valence-corrected chi connectivity index (χ1v) is 5.62. The molecule has 2 heterocycles. The van der Waals surface area contributed by atoms with Crippen LogP contribution < -0.4 is 10.6 Å². The van der Waals surface area contributed by atoms with E-state index in [1.807, 2.05) is 6.92 Å². The molecule has 0 radical (unpaired) electrons. The average Bonchev–Trinajstić information content (AvgIpc) is 2.41. The van der Waals surface area contributed by atoms with Crippen molar-refractivity contribution in [2.45, 2.75) is 31.8 Å². The van der Waals surface area contributed by atoms with Crippen LogP contribution in [0.4, 0.5) is 11.6 Å². The summed E-state index contributed by atoms with van der Waals surface area (Å²) in [4.78, 5) is 10.4. The van der Waals surface area contributed by atoms with Crippen molar-refractivity contribution in [3.05, 3.63) is 12.4 Å². The second-order valence-corrected chi connectivity index (χ2v) is 4.64. The molecule has 1 saturated heterocycles. The molecule has 0 spiro atoms. The summed E-state index contributed by atoms with van der Waals surface area (Å²) in [6.07, 6.45) is 5.83. The number of nitrogens with zero attached hydrogens (tertiary/aromatic N) is 3. The molecule has 1 aliphatic heterocycles. The Bertz CT molecular complexity index is 350. The van der Waals surface area contributed by atoms with Crippen LogP contribution in [-0.4, -0.2) is 33.8 Å². The minimum atomic E-state index is -0.546. The van der Waals surface area contributed by atoms with Gasteiger partial charge in [-0.25, -0.2) is 9.97 Å². The van der Waals surface area contributed by atoms with Crippen LogP contribution in [0.5, 0.6) is 0 Å². The number of hydrogen-bond acceptors (Lipinski definition) is 5. The molecule has 0 bridgehead atoms. The Labute approximate surface area is 95.3 Å². The van der Waals surface area contributed by atoms with E-state index in [1.165, 1.54) is 0 Å². The molecule has 3 N–H and O–H groups in total. The number of nitrogens with two attached hydrogens (primary N) is 1. The van der Waals surface area contributed by atoms with Crippen molar-refractivity contribution in [2.24, 2.45) is 0 Å². The molecule has 1 aromatic heterocycles. The van der Waals surface area contributed by atoms with E-state index in [0.29, 0.717) is 5.82 Å². The highest BCUT2D eigenvalue weighted by Gasteiger charge is 2.25. The van der Waals surface area contributed by atoms with E-state index < -0.39 is 5.60 Å². The minimum absolute atomic E-state index is 0.436. The number of anilines is 2. The third-order valence-corrected chi connectivity index (χ3v) is 3.05. The van der Waals surface area contributed by atoms with Gasteiger partial charge < -0.3 is 15.7 Å². The predicted octanol–water partition coefficient (Wildman–Crippen LogP) is 0.800. The SMILES string of the molecule is CC1(O)CCCN(c2cnc(N)cn2)CC1. The normalized spacial score (nSPS) is 26.5. The lowest BCUT2D eigenvalue weighted by Gasteiger charge is -2.22. The van der Waals surface area contributed by atoms with Gasteiger partial charge in [-0.1, -0.05) is 0 Å². The second kappa shape index (κ2) is 4.25. The minimum Gasteiger partial charge on any atom is -0.390 e. The summed E-state index contributed by atoms with van der Waals surface area (Å²) >= 11 is 0. The Morgan fingerprint density at radius 3 is 2.81 bits per heavy atom. The van der Waals surface area contributed by atoms with Crippen molar-refractivity contribution in [3.63, 3.8) is 0 Å². The summed E-state index contributed by atoms with van der Waals surface area (Å²) < 4.78 is 0. The van der Waals surface area contributed by atoms with Crippen molar-refractivity contribution < 1.29 is 5.11 Å². The van der Waals surface area contributed by atoms with Crippen LogP contribution in [0.15, 0.2) is 12.4 Å². The van der Waals surface area contributed by atoms with Gasteiger partial charge in [0.05, 0.1) is 18.0 Å². The summed E-state index contributed by atoms with van der Waals surface area (Å²) in [6.45, 7) is 3.62. The Kier molecular flexibility index (Phi) is 2.96. The highest BCUT2D eigenvalue weighted by molar-refractivity contribution is 5.39. The van der Waals surface area contributed by atoms with Gasteiger partial charge >= 0.3 is 0 Å². The number of hydrogen-bond donors (Lipinski definition) is 2. The largest absolute Gasteiger partial charge is 0.390 e. The molecular weight excluding hydrogens is 204 g/mol. The highest BCUT2D eigenvalue weighted by atomic mass is 16.3. The van der Waals surface area contributed by atoms with E-state index in [2.05, 4.69) is 14.9 Å².